The molecule has 4 heterocycles. The van der Waals surface area contributed by atoms with Gasteiger partial charge >= 0.3 is 0 Å². The summed E-state index contributed by atoms with van der Waals surface area (Å²) in [5.74, 6) is 1.38. The Labute approximate surface area is 208 Å². The Hall–Kier alpha value is -2.30. The maximum atomic E-state index is 12.1. The van der Waals surface area contributed by atoms with E-state index in [1.54, 1.807) is 35.6 Å². The molecule has 0 bridgehead atoms. The number of nitrogens with one attached hydrogen (secondary N) is 1. The van der Waals surface area contributed by atoms with Crippen molar-refractivity contribution in [1.82, 2.24) is 19.8 Å². The van der Waals surface area contributed by atoms with Crippen LogP contribution in [0.5, 0.6) is 0 Å². The lowest BCUT2D eigenvalue weighted by molar-refractivity contribution is 0.141. The third-order valence-electron chi connectivity index (χ3n) is 6.26. The topological polar surface area (TPSA) is 106 Å². The van der Waals surface area contributed by atoms with E-state index < -0.39 is 6.10 Å². The van der Waals surface area contributed by atoms with Crippen LogP contribution in [0.25, 0.3) is 11.0 Å². The molecular weight excluding hydrogens is 474 g/mol. The van der Waals surface area contributed by atoms with Gasteiger partial charge < -0.3 is 30.4 Å². The number of aryl methyl sites for hydroxylation is 1. The lowest BCUT2D eigenvalue weighted by Crippen LogP contribution is -2.31. The molecule has 0 spiro atoms. The van der Waals surface area contributed by atoms with Crippen LogP contribution in [-0.4, -0.2) is 64.3 Å². The average Bonchev–Trinajstić information content (AvgIpc) is 3.41. The number of aromatic nitrogens is 2. The van der Waals surface area contributed by atoms with E-state index in [-0.39, 0.29) is 11.5 Å². The molecule has 0 aromatic carbocycles. The predicted octanol–water partition coefficient (Wildman–Crippen LogP) is 1.97. The number of thioether (sulfide) groups is 1. The highest BCUT2D eigenvalue weighted by atomic mass is 35.5. The Bertz CT molecular complexity index is 1200. The number of halogens is 1. The Balaban J connectivity index is 1.31. The summed E-state index contributed by atoms with van der Waals surface area (Å²) >= 11 is 8.05. The van der Waals surface area contributed by atoms with Gasteiger partial charge in [-0.05, 0) is 29.7 Å². The highest BCUT2D eigenvalue weighted by Crippen LogP contribution is 2.33. The van der Waals surface area contributed by atoms with Crippen molar-refractivity contribution in [3.8, 4) is 0 Å². The number of fused-ring (bicyclic) bond motifs is 1. The van der Waals surface area contributed by atoms with Gasteiger partial charge in [-0.15, -0.1) is 0 Å². The Morgan fingerprint density at radius 2 is 2.29 bits per heavy atom. The fraction of sp³-hybridized carbons (Fsp3) is 0.417. The minimum absolute atomic E-state index is 0.0906. The number of aliphatic hydroxyl groups excluding tert-OH is 1. The molecule has 2 aliphatic heterocycles. The third kappa shape index (κ3) is 5.50. The highest BCUT2D eigenvalue weighted by Gasteiger charge is 2.31. The number of nitrogens with two attached hydrogens (primary N) is 1. The lowest BCUT2D eigenvalue weighted by Gasteiger charge is -2.18. The van der Waals surface area contributed by atoms with Crippen LogP contribution in [0.2, 0.25) is 5.02 Å². The summed E-state index contributed by atoms with van der Waals surface area (Å²) in [6, 6.07) is 3.24. The molecule has 2 aromatic heterocycles. The number of pyridine rings is 2. The van der Waals surface area contributed by atoms with Crippen LogP contribution in [0.1, 0.15) is 5.56 Å². The standard InChI is InChI=1S/C24H30ClN5O3S/c1-15(7-22-21(8-26)33-14-34-22)9-27-10-16-12-30(13-20(16)31)6-5-17-18(25)11-28-19-3-4-23(32)29(2)24(17)19/h3-4,7-8,11,16,20,27,31H,1,5-6,9-10,12-14,26H2,2H3/b21-8+,22-7+/t16-,20+/m0/s1. The van der Waals surface area contributed by atoms with Crippen molar-refractivity contribution in [2.45, 2.75) is 12.5 Å². The number of hydrogen-bond acceptors (Lipinski definition) is 8. The molecule has 2 saturated heterocycles. The van der Waals surface area contributed by atoms with Crippen LogP contribution in [-0.2, 0) is 18.2 Å². The van der Waals surface area contributed by atoms with E-state index in [1.165, 1.54) is 12.3 Å². The quantitative estimate of drug-likeness (QED) is 0.502. The van der Waals surface area contributed by atoms with E-state index in [0.717, 1.165) is 40.2 Å². The summed E-state index contributed by atoms with van der Waals surface area (Å²) in [7, 11) is 1.74. The molecule has 2 aliphatic rings. The van der Waals surface area contributed by atoms with Crippen molar-refractivity contribution in [3.05, 3.63) is 74.4 Å². The molecule has 0 saturated carbocycles. The second kappa shape index (κ2) is 11.0. The summed E-state index contributed by atoms with van der Waals surface area (Å²) in [6.45, 7) is 7.54. The van der Waals surface area contributed by atoms with Gasteiger partial charge in [0.25, 0.3) is 5.56 Å². The number of aliphatic hydroxyl groups is 1. The Kier molecular flexibility index (Phi) is 8.00. The van der Waals surface area contributed by atoms with Crippen LogP contribution in [0.15, 0.2) is 58.2 Å². The fourth-order valence-corrected chi connectivity index (χ4v) is 5.49. The Morgan fingerprint density at radius 1 is 1.47 bits per heavy atom. The SMILES string of the molecule is C=C(/C=C1/SCO/C1=C/N)CNC[C@H]1CN(CCc2c(Cl)cnc3ccc(=O)n(C)c23)C[C@H]1O. The zero-order chi connectivity index (χ0) is 24.2. The van der Waals surface area contributed by atoms with Gasteiger partial charge in [-0.2, -0.15) is 0 Å². The highest BCUT2D eigenvalue weighted by molar-refractivity contribution is 8.03. The molecule has 2 fully saturated rings. The summed E-state index contributed by atoms with van der Waals surface area (Å²) in [6.07, 6.45) is 5.36. The second-order valence-corrected chi connectivity index (χ2v) is 9.99. The average molecular weight is 504 g/mol. The summed E-state index contributed by atoms with van der Waals surface area (Å²) in [4.78, 5) is 19.7. The first-order valence-electron chi connectivity index (χ1n) is 11.2. The molecular formula is C24H30ClN5O3S. The smallest absolute Gasteiger partial charge is 0.250 e. The molecule has 34 heavy (non-hydrogen) atoms. The number of likely N-dealkylation sites (tertiary alicyclic amines) is 1. The van der Waals surface area contributed by atoms with Gasteiger partial charge in [0.2, 0.25) is 0 Å². The van der Waals surface area contributed by atoms with Crippen molar-refractivity contribution in [2.24, 2.45) is 18.7 Å². The Morgan fingerprint density at radius 3 is 3.09 bits per heavy atom. The van der Waals surface area contributed by atoms with Gasteiger partial charge in [0, 0.05) is 64.2 Å². The number of ether oxygens (including phenoxy) is 1. The van der Waals surface area contributed by atoms with E-state index in [2.05, 4.69) is 21.8 Å². The summed E-state index contributed by atoms with van der Waals surface area (Å²) in [5.41, 5.74) is 8.84. The van der Waals surface area contributed by atoms with Gasteiger partial charge in [-0.3, -0.25) is 9.78 Å². The van der Waals surface area contributed by atoms with E-state index in [1.807, 2.05) is 6.08 Å². The molecule has 0 unspecified atom stereocenters. The molecule has 182 valence electrons. The molecule has 8 nitrogen and oxygen atoms in total. The van der Waals surface area contributed by atoms with E-state index in [4.69, 9.17) is 22.1 Å². The number of nitrogens with zero attached hydrogens (tertiary/aromatic N) is 3. The molecule has 2 atom stereocenters. The molecule has 4 N–H and O–H groups in total. The molecule has 10 heteroatoms. The van der Waals surface area contributed by atoms with Gasteiger partial charge in [0.1, 0.15) is 11.7 Å². The van der Waals surface area contributed by atoms with Crippen molar-refractivity contribution < 1.29 is 9.84 Å². The summed E-state index contributed by atoms with van der Waals surface area (Å²) in [5, 5.41) is 14.5. The van der Waals surface area contributed by atoms with E-state index >= 15 is 0 Å². The summed E-state index contributed by atoms with van der Waals surface area (Å²) < 4.78 is 7.02. The van der Waals surface area contributed by atoms with E-state index in [0.29, 0.717) is 42.8 Å². The first kappa shape index (κ1) is 24.8. The zero-order valence-electron chi connectivity index (χ0n) is 19.2. The van der Waals surface area contributed by atoms with Crippen LogP contribution in [0.4, 0.5) is 0 Å². The third-order valence-corrected chi connectivity index (χ3v) is 7.45. The second-order valence-electron chi connectivity index (χ2n) is 8.62. The van der Waals surface area contributed by atoms with Gasteiger partial charge in [0.05, 0.1) is 27.1 Å². The van der Waals surface area contributed by atoms with Crippen molar-refractivity contribution >= 4 is 34.4 Å². The molecule has 4 rings (SSSR count). The van der Waals surface area contributed by atoms with Crippen LogP contribution >= 0.6 is 23.4 Å². The van der Waals surface area contributed by atoms with Crippen LogP contribution < -0.4 is 16.6 Å². The molecule has 0 radical (unpaired) electrons. The number of rotatable bonds is 8. The molecule has 0 aliphatic carbocycles. The minimum atomic E-state index is -0.404. The first-order valence-corrected chi connectivity index (χ1v) is 12.5. The van der Waals surface area contributed by atoms with Gasteiger partial charge in [-0.1, -0.05) is 29.9 Å². The largest absolute Gasteiger partial charge is 0.480 e. The molecule has 0 amide bonds. The number of hydrogen-bond donors (Lipinski definition) is 3. The van der Waals surface area contributed by atoms with Crippen molar-refractivity contribution in [2.75, 3.05) is 38.7 Å². The van der Waals surface area contributed by atoms with Crippen LogP contribution in [0, 0.1) is 5.92 Å². The molecule has 2 aromatic rings. The predicted molar refractivity (Wildman–Crippen MR) is 138 cm³/mol. The van der Waals surface area contributed by atoms with Crippen LogP contribution in [0.3, 0.4) is 0 Å². The fourth-order valence-electron chi connectivity index (χ4n) is 4.43. The normalized spacial score (nSPS) is 23.3. The van der Waals surface area contributed by atoms with E-state index in [9.17, 15) is 9.90 Å². The number of β-amino-alcohol motifs (C(OH)–C–C–N with tert-alkyl or cyclic N) is 1. The van der Waals surface area contributed by atoms with Gasteiger partial charge in [0.15, 0.2) is 0 Å². The van der Waals surface area contributed by atoms with Gasteiger partial charge in [-0.25, -0.2) is 0 Å². The maximum absolute atomic E-state index is 12.1. The monoisotopic (exact) mass is 503 g/mol. The minimum Gasteiger partial charge on any atom is -0.480 e. The first-order chi connectivity index (χ1) is 16.4. The van der Waals surface area contributed by atoms with Crippen molar-refractivity contribution in [1.29, 1.82) is 0 Å². The maximum Gasteiger partial charge on any atom is 0.250 e. The van der Waals surface area contributed by atoms with Crippen molar-refractivity contribution in [3.63, 3.8) is 0 Å². The lowest BCUT2D eigenvalue weighted by atomic mass is 10.1. The zero-order valence-corrected chi connectivity index (χ0v) is 20.7.